The molecule has 0 aromatic heterocycles. The van der Waals surface area contributed by atoms with Crippen LogP contribution < -0.4 is 10.2 Å². The SMILES string of the molecule is CCC1CCCN1c1ccc(CNC)cc1C. The first kappa shape index (κ1) is 12.4. The number of anilines is 1. The summed E-state index contributed by atoms with van der Waals surface area (Å²) in [5.74, 6) is 0. The highest BCUT2D eigenvalue weighted by Gasteiger charge is 2.23. The van der Waals surface area contributed by atoms with Crippen molar-refractivity contribution in [2.24, 2.45) is 0 Å². The summed E-state index contributed by atoms with van der Waals surface area (Å²) in [7, 11) is 2.00. The third-order valence-corrected chi connectivity index (χ3v) is 3.80. The molecule has 2 heteroatoms. The van der Waals surface area contributed by atoms with E-state index in [-0.39, 0.29) is 0 Å². The van der Waals surface area contributed by atoms with E-state index >= 15 is 0 Å². The Morgan fingerprint density at radius 2 is 2.24 bits per heavy atom. The maximum Gasteiger partial charge on any atom is 0.0398 e. The molecule has 1 N–H and O–H groups in total. The van der Waals surface area contributed by atoms with E-state index in [1.165, 1.54) is 42.6 Å². The monoisotopic (exact) mass is 232 g/mol. The molecule has 1 aliphatic heterocycles. The molecule has 1 aromatic rings. The van der Waals surface area contributed by atoms with E-state index in [1.54, 1.807) is 0 Å². The van der Waals surface area contributed by atoms with Gasteiger partial charge in [-0.25, -0.2) is 0 Å². The van der Waals surface area contributed by atoms with Crippen LogP contribution in [0.25, 0.3) is 0 Å². The lowest BCUT2D eigenvalue weighted by Crippen LogP contribution is -2.29. The Morgan fingerprint density at radius 1 is 1.41 bits per heavy atom. The molecule has 1 fully saturated rings. The van der Waals surface area contributed by atoms with E-state index in [0.717, 1.165) is 12.6 Å². The molecular formula is C15H24N2. The zero-order valence-corrected chi connectivity index (χ0v) is 11.3. The van der Waals surface area contributed by atoms with Crippen molar-refractivity contribution in [2.45, 2.75) is 45.7 Å². The van der Waals surface area contributed by atoms with E-state index in [4.69, 9.17) is 0 Å². The molecule has 17 heavy (non-hydrogen) atoms. The first-order valence-electron chi connectivity index (χ1n) is 6.77. The number of nitrogens with one attached hydrogen (secondary N) is 1. The Bertz CT molecular complexity index is 373. The average Bonchev–Trinajstić information content (AvgIpc) is 2.77. The predicted molar refractivity (Wildman–Crippen MR) is 74.6 cm³/mol. The molecule has 1 unspecified atom stereocenters. The Morgan fingerprint density at radius 3 is 2.88 bits per heavy atom. The summed E-state index contributed by atoms with van der Waals surface area (Å²) in [6.07, 6.45) is 3.96. The molecule has 0 aliphatic carbocycles. The van der Waals surface area contributed by atoms with Crippen molar-refractivity contribution in [2.75, 3.05) is 18.5 Å². The molecule has 1 atom stereocenters. The van der Waals surface area contributed by atoms with Crippen molar-refractivity contribution in [3.05, 3.63) is 29.3 Å². The summed E-state index contributed by atoms with van der Waals surface area (Å²) in [6.45, 7) is 6.72. The first-order chi connectivity index (χ1) is 8.26. The highest BCUT2D eigenvalue weighted by atomic mass is 15.2. The fourth-order valence-electron chi connectivity index (χ4n) is 2.93. The lowest BCUT2D eigenvalue weighted by atomic mass is 10.1. The van der Waals surface area contributed by atoms with Gasteiger partial charge in [0.05, 0.1) is 0 Å². The number of benzene rings is 1. The van der Waals surface area contributed by atoms with Crippen LogP contribution in [0.2, 0.25) is 0 Å². The smallest absolute Gasteiger partial charge is 0.0398 e. The number of hydrogen-bond acceptors (Lipinski definition) is 2. The van der Waals surface area contributed by atoms with Crippen LogP contribution in [0.4, 0.5) is 5.69 Å². The second-order valence-corrected chi connectivity index (χ2v) is 5.05. The van der Waals surface area contributed by atoms with Gasteiger partial charge in [0.2, 0.25) is 0 Å². The lowest BCUT2D eigenvalue weighted by Gasteiger charge is -2.27. The normalized spacial score (nSPS) is 19.9. The zero-order chi connectivity index (χ0) is 12.3. The molecule has 1 aromatic carbocycles. The van der Waals surface area contributed by atoms with Crippen molar-refractivity contribution < 1.29 is 0 Å². The van der Waals surface area contributed by atoms with Gasteiger partial charge >= 0.3 is 0 Å². The zero-order valence-electron chi connectivity index (χ0n) is 11.3. The molecular weight excluding hydrogens is 208 g/mol. The van der Waals surface area contributed by atoms with Crippen molar-refractivity contribution in [3.8, 4) is 0 Å². The largest absolute Gasteiger partial charge is 0.368 e. The molecule has 0 radical (unpaired) electrons. The molecule has 1 aliphatic rings. The molecule has 1 heterocycles. The van der Waals surface area contributed by atoms with Gasteiger partial charge in [-0.05, 0) is 50.4 Å². The van der Waals surface area contributed by atoms with Crippen molar-refractivity contribution in [3.63, 3.8) is 0 Å². The quantitative estimate of drug-likeness (QED) is 0.858. The van der Waals surface area contributed by atoms with Gasteiger partial charge in [-0.3, -0.25) is 0 Å². The molecule has 2 nitrogen and oxygen atoms in total. The van der Waals surface area contributed by atoms with Gasteiger partial charge in [-0.2, -0.15) is 0 Å². The molecule has 0 spiro atoms. The first-order valence-corrected chi connectivity index (χ1v) is 6.77. The molecule has 0 bridgehead atoms. The van der Waals surface area contributed by atoms with E-state index in [0.29, 0.717) is 0 Å². The fraction of sp³-hybridized carbons (Fsp3) is 0.600. The fourth-order valence-corrected chi connectivity index (χ4v) is 2.93. The average molecular weight is 232 g/mol. The minimum atomic E-state index is 0.754. The standard InChI is InChI=1S/C15H24N2/c1-4-14-6-5-9-17(14)15-8-7-13(11-16-3)10-12(15)2/h7-8,10,14,16H,4-6,9,11H2,1-3H3. The second-order valence-electron chi connectivity index (χ2n) is 5.05. The lowest BCUT2D eigenvalue weighted by molar-refractivity contribution is 0.644. The topological polar surface area (TPSA) is 15.3 Å². The maximum absolute atomic E-state index is 3.21. The van der Waals surface area contributed by atoms with Crippen molar-refractivity contribution in [1.29, 1.82) is 0 Å². The highest BCUT2D eigenvalue weighted by Crippen LogP contribution is 2.30. The number of aryl methyl sites for hydroxylation is 1. The Kier molecular flexibility index (Phi) is 4.06. The van der Waals surface area contributed by atoms with E-state index in [1.807, 2.05) is 7.05 Å². The summed E-state index contributed by atoms with van der Waals surface area (Å²) in [5, 5.41) is 3.21. The van der Waals surface area contributed by atoms with Gasteiger partial charge < -0.3 is 10.2 Å². The Balaban J connectivity index is 2.20. The van der Waals surface area contributed by atoms with Gasteiger partial charge in [-0.1, -0.05) is 19.1 Å². The third kappa shape index (κ3) is 2.63. The van der Waals surface area contributed by atoms with Gasteiger partial charge in [-0.15, -0.1) is 0 Å². The minimum Gasteiger partial charge on any atom is -0.368 e. The summed E-state index contributed by atoms with van der Waals surface area (Å²) < 4.78 is 0. The molecule has 2 rings (SSSR count). The van der Waals surface area contributed by atoms with Crippen LogP contribution in [0.5, 0.6) is 0 Å². The highest BCUT2D eigenvalue weighted by molar-refractivity contribution is 5.56. The number of nitrogens with zero attached hydrogens (tertiary/aromatic N) is 1. The maximum atomic E-state index is 3.21. The third-order valence-electron chi connectivity index (χ3n) is 3.80. The van der Waals surface area contributed by atoms with Gasteiger partial charge in [0, 0.05) is 24.8 Å². The van der Waals surface area contributed by atoms with Crippen molar-refractivity contribution >= 4 is 5.69 Å². The molecule has 1 saturated heterocycles. The van der Waals surface area contributed by atoms with Gasteiger partial charge in [0.15, 0.2) is 0 Å². The van der Waals surface area contributed by atoms with Crippen LogP contribution >= 0.6 is 0 Å². The second kappa shape index (κ2) is 5.54. The summed E-state index contributed by atoms with van der Waals surface area (Å²) in [4.78, 5) is 2.60. The predicted octanol–water partition coefficient (Wildman–Crippen LogP) is 3.09. The van der Waals surface area contributed by atoms with Crippen LogP contribution in [-0.2, 0) is 6.54 Å². The summed E-state index contributed by atoms with van der Waals surface area (Å²) in [6, 6.07) is 7.63. The van der Waals surface area contributed by atoms with Gasteiger partial charge in [0.1, 0.15) is 0 Å². The number of rotatable bonds is 4. The van der Waals surface area contributed by atoms with Crippen LogP contribution in [0.15, 0.2) is 18.2 Å². The van der Waals surface area contributed by atoms with E-state index < -0.39 is 0 Å². The molecule has 94 valence electrons. The van der Waals surface area contributed by atoms with Crippen LogP contribution in [0, 0.1) is 6.92 Å². The van der Waals surface area contributed by atoms with E-state index in [9.17, 15) is 0 Å². The summed E-state index contributed by atoms with van der Waals surface area (Å²) >= 11 is 0. The number of hydrogen-bond donors (Lipinski definition) is 1. The van der Waals surface area contributed by atoms with Crippen molar-refractivity contribution in [1.82, 2.24) is 5.32 Å². The molecule has 0 saturated carbocycles. The van der Waals surface area contributed by atoms with E-state index in [2.05, 4.69) is 42.3 Å². The van der Waals surface area contributed by atoms with Crippen LogP contribution in [0.3, 0.4) is 0 Å². The van der Waals surface area contributed by atoms with Crippen LogP contribution in [0.1, 0.15) is 37.3 Å². The Hall–Kier alpha value is -1.02. The Labute approximate surface area is 105 Å². The molecule has 0 amide bonds. The van der Waals surface area contributed by atoms with Gasteiger partial charge in [0.25, 0.3) is 0 Å². The van der Waals surface area contributed by atoms with Crippen LogP contribution in [-0.4, -0.2) is 19.6 Å². The summed E-state index contributed by atoms with van der Waals surface area (Å²) in [5.41, 5.74) is 4.23. The minimum absolute atomic E-state index is 0.754.